The number of likely N-dealkylation sites (N-methyl/N-ethyl adjacent to an activating group) is 1. The minimum Gasteiger partial charge on any atom is -0.395 e. The van der Waals surface area contributed by atoms with E-state index in [1.54, 1.807) is 24.2 Å². The highest BCUT2D eigenvalue weighted by Crippen LogP contribution is 2.29. The van der Waals surface area contributed by atoms with Crippen molar-refractivity contribution in [2.45, 2.75) is 0 Å². The normalized spacial score (nSPS) is 10.7. The van der Waals surface area contributed by atoms with Crippen LogP contribution in [0.4, 0.5) is 15.9 Å². The number of benzene rings is 1. The van der Waals surface area contributed by atoms with Crippen LogP contribution in [-0.4, -0.2) is 37.3 Å². The quantitative estimate of drug-likeness (QED) is 0.868. The van der Waals surface area contributed by atoms with Gasteiger partial charge in [0.05, 0.1) is 18.5 Å². The number of fused-ring (bicyclic) bond motifs is 1. The third-order valence-corrected chi connectivity index (χ3v) is 2.89. The zero-order valence-corrected chi connectivity index (χ0v) is 10.4. The lowest BCUT2D eigenvalue weighted by molar-refractivity contribution is 0.304. The van der Waals surface area contributed by atoms with Gasteiger partial charge in [-0.1, -0.05) is 0 Å². The first-order valence-electron chi connectivity index (χ1n) is 5.75. The SMILES string of the molecule is CNc1cnc(N(C)CCO)c2cc(F)ccc12. The highest BCUT2D eigenvalue weighted by Gasteiger charge is 2.11. The number of nitrogens with one attached hydrogen (secondary N) is 1. The lowest BCUT2D eigenvalue weighted by atomic mass is 10.1. The van der Waals surface area contributed by atoms with Crippen molar-refractivity contribution >= 4 is 22.3 Å². The Morgan fingerprint density at radius 3 is 2.83 bits per heavy atom. The molecule has 2 aromatic rings. The summed E-state index contributed by atoms with van der Waals surface area (Å²) in [6.45, 7) is 0.486. The minimum absolute atomic E-state index is 0.0305. The summed E-state index contributed by atoms with van der Waals surface area (Å²) < 4.78 is 13.4. The predicted molar refractivity (Wildman–Crippen MR) is 71.6 cm³/mol. The van der Waals surface area contributed by atoms with E-state index in [0.29, 0.717) is 12.4 Å². The first-order valence-corrected chi connectivity index (χ1v) is 5.75. The van der Waals surface area contributed by atoms with Crippen LogP contribution in [0.3, 0.4) is 0 Å². The fraction of sp³-hybridized carbons (Fsp3) is 0.308. The van der Waals surface area contributed by atoms with Crippen molar-refractivity contribution in [1.29, 1.82) is 0 Å². The molecule has 0 bridgehead atoms. The average molecular weight is 249 g/mol. The van der Waals surface area contributed by atoms with Crippen molar-refractivity contribution in [3.63, 3.8) is 0 Å². The zero-order chi connectivity index (χ0) is 13.1. The van der Waals surface area contributed by atoms with E-state index in [9.17, 15) is 4.39 Å². The summed E-state index contributed by atoms with van der Waals surface area (Å²) in [7, 11) is 3.62. The molecule has 1 aromatic heterocycles. The van der Waals surface area contributed by atoms with Crippen LogP contribution < -0.4 is 10.2 Å². The topological polar surface area (TPSA) is 48.4 Å². The molecule has 5 heteroatoms. The van der Waals surface area contributed by atoms with E-state index in [4.69, 9.17) is 5.11 Å². The number of aliphatic hydroxyl groups excluding tert-OH is 1. The van der Waals surface area contributed by atoms with E-state index in [2.05, 4.69) is 10.3 Å². The van der Waals surface area contributed by atoms with E-state index in [1.165, 1.54) is 12.1 Å². The van der Waals surface area contributed by atoms with E-state index in [1.807, 2.05) is 7.05 Å². The summed E-state index contributed by atoms with van der Waals surface area (Å²) in [5, 5.41) is 13.6. The largest absolute Gasteiger partial charge is 0.395 e. The molecule has 0 aliphatic carbocycles. The van der Waals surface area contributed by atoms with Crippen LogP contribution in [0.2, 0.25) is 0 Å². The Labute approximate surface area is 105 Å². The van der Waals surface area contributed by atoms with Gasteiger partial charge in [-0.25, -0.2) is 9.37 Å². The van der Waals surface area contributed by atoms with Crippen LogP contribution in [0.15, 0.2) is 24.4 Å². The Hall–Kier alpha value is -1.88. The van der Waals surface area contributed by atoms with Gasteiger partial charge < -0.3 is 15.3 Å². The van der Waals surface area contributed by atoms with Crippen LogP contribution in [0, 0.1) is 5.82 Å². The highest BCUT2D eigenvalue weighted by molar-refractivity contribution is 6.00. The summed E-state index contributed by atoms with van der Waals surface area (Å²) in [5.74, 6) is 0.369. The van der Waals surface area contributed by atoms with Gasteiger partial charge in [-0.2, -0.15) is 0 Å². The molecule has 0 aliphatic heterocycles. The fourth-order valence-corrected chi connectivity index (χ4v) is 1.96. The maximum Gasteiger partial charge on any atom is 0.136 e. The fourth-order valence-electron chi connectivity index (χ4n) is 1.96. The predicted octanol–water partition coefficient (Wildman–Crippen LogP) is 1.84. The first kappa shape index (κ1) is 12.6. The van der Waals surface area contributed by atoms with Crippen LogP contribution in [-0.2, 0) is 0 Å². The van der Waals surface area contributed by atoms with Crippen LogP contribution in [0.1, 0.15) is 0 Å². The maximum atomic E-state index is 13.4. The molecular formula is C13H16FN3O. The van der Waals surface area contributed by atoms with Gasteiger partial charge in [0.2, 0.25) is 0 Å². The summed E-state index contributed by atoms with van der Waals surface area (Å²) in [4.78, 5) is 6.13. The number of nitrogens with zero attached hydrogens (tertiary/aromatic N) is 2. The monoisotopic (exact) mass is 249 g/mol. The van der Waals surface area contributed by atoms with Gasteiger partial charge >= 0.3 is 0 Å². The van der Waals surface area contributed by atoms with E-state index in [0.717, 1.165) is 16.5 Å². The minimum atomic E-state index is -0.295. The van der Waals surface area contributed by atoms with Gasteiger partial charge in [-0.15, -0.1) is 0 Å². The number of anilines is 2. The molecule has 0 atom stereocenters. The molecule has 0 saturated heterocycles. The third-order valence-electron chi connectivity index (χ3n) is 2.89. The number of pyridine rings is 1. The molecule has 0 fully saturated rings. The van der Waals surface area contributed by atoms with Gasteiger partial charge in [0.25, 0.3) is 0 Å². The number of hydrogen-bond acceptors (Lipinski definition) is 4. The molecule has 0 spiro atoms. The van der Waals surface area contributed by atoms with Gasteiger partial charge in [0.1, 0.15) is 11.6 Å². The summed E-state index contributed by atoms with van der Waals surface area (Å²) in [6, 6.07) is 4.62. The van der Waals surface area contributed by atoms with E-state index < -0.39 is 0 Å². The smallest absolute Gasteiger partial charge is 0.136 e. The maximum absolute atomic E-state index is 13.4. The van der Waals surface area contributed by atoms with Crippen molar-refractivity contribution in [3.05, 3.63) is 30.2 Å². The zero-order valence-electron chi connectivity index (χ0n) is 10.4. The highest BCUT2D eigenvalue weighted by atomic mass is 19.1. The molecule has 96 valence electrons. The number of rotatable bonds is 4. The van der Waals surface area contributed by atoms with Crippen LogP contribution >= 0.6 is 0 Å². The molecule has 0 saturated carbocycles. The second-order valence-electron chi connectivity index (χ2n) is 4.08. The molecule has 0 amide bonds. The van der Waals surface area contributed by atoms with Crippen LogP contribution in [0.5, 0.6) is 0 Å². The molecule has 1 heterocycles. The Balaban J connectivity index is 2.64. The molecule has 0 aliphatic rings. The second kappa shape index (κ2) is 5.18. The van der Waals surface area contributed by atoms with E-state index >= 15 is 0 Å². The second-order valence-corrected chi connectivity index (χ2v) is 4.08. The number of aliphatic hydroxyl groups is 1. The van der Waals surface area contributed by atoms with Crippen molar-refractivity contribution in [1.82, 2.24) is 4.98 Å². The molecule has 0 radical (unpaired) electrons. The Bertz CT molecular complexity index is 559. The van der Waals surface area contributed by atoms with E-state index in [-0.39, 0.29) is 12.4 Å². The number of hydrogen-bond donors (Lipinski definition) is 2. The van der Waals surface area contributed by atoms with Crippen molar-refractivity contribution in [2.75, 3.05) is 37.5 Å². The molecular weight excluding hydrogens is 233 g/mol. The van der Waals surface area contributed by atoms with Crippen molar-refractivity contribution in [3.8, 4) is 0 Å². The van der Waals surface area contributed by atoms with Crippen LogP contribution in [0.25, 0.3) is 10.8 Å². The summed E-state index contributed by atoms with van der Waals surface area (Å²) in [5.41, 5.74) is 0.853. The Kier molecular flexibility index (Phi) is 3.62. The average Bonchev–Trinajstić information content (AvgIpc) is 2.37. The number of aromatic nitrogens is 1. The third kappa shape index (κ3) is 2.22. The van der Waals surface area contributed by atoms with Crippen molar-refractivity contribution < 1.29 is 9.50 Å². The van der Waals surface area contributed by atoms with Gasteiger partial charge in [-0.3, -0.25) is 0 Å². The van der Waals surface area contributed by atoms with Gasteiger partial charge in [0, 0.05) is 31.4 Å². The summed E-state index contributed by atoms with van der Waals surface area (Å²) >= 11 is 0. The molecule has 0 unspecified atom stereocenters. The van der Waals surface area contributed by atoms with Crippen molar-refractivity contribution in [2.24, 2.45) is 0 Å². The van der Waals surface area contributed by atoms with Gasteiger partial charge in [-0.05, 0) is 18.2 Å². The first-order chi connectivity index (χ1) is 8.67. The Morgan fingerprint density at radius 1 is 1.39 bits per heavy atom. The molecule has 18 heavy (non-hydrogen) atoms. The van der Waals surface area contributed by atoms with Gasteiger partial charge in [0.15, 0.2) is 0 Å². The lowest BCUT2D eigenvalue weighted by Gasteiger charge is -2.19. The number of halogens is 1. The molecule has 4 nitrogen and oxygen atoms in total. The molecule has 2 rings (SSSR count). The standard InChI is InChI=1S/C13H16FN3O/c1-15-12-8-16-13(17(2)5-6-18)11-7-9(14)3-4-10(11)12/h3-4,7-8,15,18H,5-6H2,1-2H3. The Morgan fingerprint density at radius 2 is 2.17 bits per heavy atom. The summed E-state index contributed by atoms with van der Waals surface area (Å²) in [6.07, 6.45) is 1.71. The lowest BCUT2D eigenvalue weighted by Crippen LogP contribution is -2.22. The molecule has 2 N–H and O–H groups in total. The molecule has 1 aromatic carbocycles.